The maximum Gasteiger partial charge on any atom is 0.253 e. The third-order valence-electron chi connectivity index (χ3n) is 4.89. The molecule has 152 valence electrons. The third-order valence-corrected chi connectivity index (χ3v) is 6.07. The number of carbonyl (C=O) groups excluding carboxylic acids is 1. The zero-order chi connectivity index (χ0) is 21.1. The molecule has 1 amide bonds. The minimum atomic E-state index is 0.0476. The summed E-state index contributed by atoms with van der Waals surface area (Å²) >= 11 is 1.58. The molecule has 6 nitrogen and oxygen atoms in total. The van der Waals surface area contributed by atoms with E-state index in [1.54, 1.807) is 29.5 Å². The number of carbonyl (C=O) groups is 1. The zero-order valence-electron chi connectivity index (χ0n) is 16.8. The van der Waals surface area contributed by atoms with Crippen molar-refractivity contribution < 1.29 is 9.90 Å². The molecule has 4 rings (SSSR count). The number of phenols is 1. The number of nitrogens with one attached hydrogen (secondary N) is 1. The fourth-order valence-corrected chi connectivity index (χ4v) is 4.34. The number of hydrogen-bond donors (Lipinski definition) is 2. The number of benzene rings is 2. The van der Waals surface area contributed by atoms with Crippen LogP contribution in [0.2, 0.25) is 0 Å². The van der Waals surface area contributed by atoms with E-state index in [2.05, 4.69) is 15.3 Å². The molecule has 0 saturated carbocycles. The van der Waals surface area contributed by atoms with E-state index in [4.69, 9.17) is 0 Å². The number of aromatic hydroxyl groups is 1. The summed E-state index contributed by atoms with van der Waals surface area (Å²) in [5.74, 6) is 0.929. The van der Waals surface area contributed by atoms with Crippen molar-refractivity contribution in [3.05, 3.63) is 66.5 Å². The Labute approximate surface area is 178 Å². The molecule has 0 radical (unpaired) electrons. The molecule has 2 aromatic heterocycles. The smallest absolute Gasteiger partial charge is 0.253 e. The van der Waals surface area contributed by atoms with Crippen molar-refractivity contribution in [2.24, 2.45) is 0 Å². The molecule has 0 aliphatic rings. The van der Waals surface area contributed by atoms with Crippen molar-refractivity contribution in [2.75, 3.05) is 18.4 Å². The number of rotatable bonds is 6. The van der Waals surface area contributed by atoms with Crippen LogP contribution in [0.5, 0.6) is 5.75 Å². The first-order valence-electron chi connectivity index (χ1n) is 9.79. The lowest BCUT2D eigenvalue weighted by Crippen LogP contribution is -2.30. The van der Waals surface area contributed by atoms with E-state index in [-0.39, 0.29) is 11.7 Å². The van der Waals surface area contributed by atoms with E-state index in [9.17, 15) is 9.90 Å². The van der Waals surface area contributed by atoms with Crippen LogP contribution in [-0.4, -0.2) is 39.0 Å². The molecule has 0 unspecified atom stereocenters. The predicted octanol–water partition coefficient (Wildman–Crippen LogP) is 5.29. The van der Waals surface area contributed by atoms with Crippen molar-refractivity contribution in [3.63, 3.8) is 0 Å². The number of anilines is 2. The Morgan fingerprint density at radius 2 is 1.83 bits per heavy atom. The van der Waals surface area contributed by atoms with E-state index in [1.807, 2.05) is 55.1 Å². The molecule has 0 atom stereocenters. The zero-order valence-corrected chi connectivity index (χ0v) is 17.6. The van der Waals surface area contributed by atoms with Gasteiger partial charge < -0.3 is 15.3 Å². The second-order valence-corrected chi connectivity index (χ2v) is 7.83. The third kappa shape index (κ3) is 3.97. The van der Waals surface area contributed by atoms with Gasteiger partial charge in [-0.1, -0.05) is 18.2 Å². The molecule has 0 spiro atoms. The maximum absolute atomic E-state index is 12.5. The Kier molecular flexibility index (Phi) is 5.63. The van der Waals surface area contributed by atoms with Gasteiger partial charge in [-0.25, -0.2) is 9.97 Å². The normalized spacial score (nSPS) is 10.9. The SMILES string of the molecule is CCN(CC)C(=O)c1ccc(-c2cc3ncnc(Nc4cccc(O)c4)c3s2)cc1. The first-order valence-corrected chi connectivity index (χ1v) is 10.6. The molecular weight excluding hydrogens is 396 g/mol. The molecular formula is C23H22N4O2S. The lowest BCUT2D eigenvalue weighted by molar-refractivity contribution is 0.0773. The molecule has 2 heterocycles. The summed E-state index contributed by atoms with van der Waals surface area (Å²) in [7, 11) is 0. The van der Waals surface area contributed by atoms with Gasteiger partial charge in [0.25, 0.3) is 5.91 Å². The van der Waals surface area contributed by atoms with Crippen LogP contribution in [0.1, 0.15) is 24.2 Å². The predicted molar refractivity (Wildman–Crippen MR) is 121 cm³/mol. The Bertz CT molecular complexity index is 1180. The number of aromatic nitrogens is 2. The van der Waals surface area contributed by atoms with Gasteiger partial charge in [0.2, 0.25) is 0 Å². The number of hydrogen-bond acceptors (Lipinski definition) is 6. The molecule has 2 N–H and O–H groups in total. The molecule has 30 heavy (non-hydrogen) atoms. The second-order valence-electron chi connectivity index (χ2n) is 6.78. The summed E-state index contributed by atoms with van der Waals surface area (Å²) in [4.78, 5) is 24.1. The van der Waals surface area contributed by atoms with Crippen LogP contribution in [-0.2, 0) is 0 Å². The van der Waals surface area contributed by atoms with Crippen LogP contribution in [0.15, 0.2) is 60.9 Å². The van der Waals surface area contributed by atoms with Crippen LogP contribution in [0.4, 0.5) is 11.5 Å². The van der Waals surface area contributed by atoms with Gasteiger partial charge in [-0.2, -0.15) is 0 Å². The van der Waals surface area contributed by atoms with Crippen molar-refractivity contribution in [3.8, 4) is 16.2 Å². The van der Waals surface area contributed by atoms with E-state index < -0.39 is 0 Å². The number of amides is 1. The van der Waals surface area contributed by atoms with Crippen LogP contribution in [0.3, 0.4) is 0 Å². The van der Waals surface area contributed by atoms with Gasteiger partial charge in [0.15, 0.2) is 5.82 Å². The summed E-state index contributed by atoms with van der Waals surface area (Å²) in [6.45, 7) is 5.36. The topological polar surface area (TPSA) is 78.4 Å². The highest BCUT2D eigenvalue weighted by Crippen LogP contribution is 2.36. The quantitative estimate of drug-likeness (QED) is 0.445. The number of phenolic OH excluding ortho intramolecular Hbond substituents is 1. The van der Waals surface area contributed by atoms with Gasteiger partial charge >= 0.3 is 0 Å². The molecule has 0 aliphatic heterocycles. The van der Waals surface area contributed by atoms with Crippen LogP contribution >= 0.6 is 11.3 Å². The summed E-state index contributed by atoms with van der Waals surface area (Å²) in [5, 5.41) is 12.9. The van der Waals surface area contributed by atoms with Crippen LogP contribution in [0.25, 0.3) is 20.7 Å². The Balaban J connectivity index is 1.63. The molecule has 0 aliphatic carbocycles. The first kappa shape index (κ1) is 19.8. The summed E-state index contributed by atoms with van der Waals surface area (Å²) in [6, 6.07) is 16.6. The minimum absolute atomic E-state index is 0.0476. The van der Waals surface area contributed by atoms with Gasteiger partial charge in [0.1, 0.15) is 12.1 Å². The van der Waals surface area contributed by atoms with Gasteiger partial charge in [0.05, 0.1) is 10.2 Å². The van der Waals surface area contributed by atoms with E-state index >= 15 is 0 Å². The van der Waals surface area contributed by atoms with Gasteiger partial charge in [0, 0.05) is 35.3 Å². The Hall–Kier alpha value is -3.45. The summed E-state index contributed by atoms with van der Waals surface area (Å²) in [5.41, 5.74) is 3.31. The molecule has 0 saturated heterocycles. The Morgan fingerprint density at radius 1 is 1.07 bits per heavy atom. The highest BCUT2D eigenvalue weighted by Gasteiger charge is 2.14. The van der Waals surface area contributed by atoms with Crippen molar-refractivity contribution in [1.29, 1.82) is 0 Å². The summed E-state index contributed by atoms with van der Waals surface area (Å²) < 4.78 is 0.930. The van der Waals surface area contributed by atoms with E-state index in [1.165, 1.54) is 6.33 Å². The number of fused-ring (bicyclic) bond motifs is 1. The second kappa shape index (κ2) is 8.51. The highest BCUT2D eigenvalue weighted by atomic mass is 32.1. The maximum atomic E-state index is 12.5. The fourth-order valence-electron chi connectivity index (χ4n) is 3.28. The molecule has 2 aromatic carbocycles. The number of thiophene rings is 1. The molecule has 0 bridgehead atoms. The lowest BCUT2D eigenvalue weighted by atomic mass is 10.1. The monoisotopic (exact) mass is 418 g/mol. The van der Waals surface area contributed by atoms with Gasteiger partial charge in [-0.05, 0) is 49.7 Å². The lowest BCUT2D eigenvalue weighted by Gasteiger charge is -2.18. The van der Waals surface area contributed by atoms with Crippen molar-refractivity contribution >= 4 is 39.0 Å². The van der Waals surface area contributed by atoms with Crippen LogP contribution in [0, 0.1) is 0 Å². The molecule has 7 heteroatoms. The summed E-state index contributed by atoms with van der Waals surface area (Å²) in [6.07, 6.45) is 1.52. The average Bonchev–Trinajstić information content (AvgIpc) is 3.20. The Morgan fingerprint density at radius 3 is 2.53 bits per heavy atom. The molecule has 4 aromatic rings. The number of nitrogens with zero attached hydrogens (tertiary/aromatic N) is 3. The highest BCUT2D eigenvalue weighted by molar-refractivity contribution is 7.22. The van der Waals surface area contributed by atoms with Crippen LogP contribution < -0.4 is 5.32 Å². The van der Waals surface area contributed by atoms with Crippen molar-refractivity contribution in [2.45, 2.75) is 13.8 Å². The largest absolute Gasteiger partial charge is 0.508 e. The fraction of sp³-hybridized carbons (Fsp3) is 0.174. The van der Waals surface area contributed by atoms with Crippen molar-refractivity contribution in [1.82, 2.24) is 14.9 Å². The van der Waals surface area contributed by atoms with Gasteiger partial charge in [-0.15, -0.1) is 11.3 Å². The minimum Gasteiger partial charge on any atom is -0.508 e. The standard InChI is InChI=1S/C23H22N4O2S/c1-3-27(4-2)23(29)16-10-8-15(9-11-16)20-13-19-21(30-20)22(25-14-24-19)26-17-6-5-7-18(28)12-17/h5-14,28H,3-4H2,1-2H3,(H,24,25,26). The van der Waals surface area contributed by atoms with E-state index in [0.29, 0.717) is 24.5 Å². The van der Waals surface area contributed by atoms with E-state index in [0.717, 1.165) is 26.3 Å². The first-order chi connectivity index (χ1) is 14.6. The van der Waals surface area contributed by atoms with Gasteiger partial charge in [-0.3, -0.25) is 4.79 Å². The average molecular weight is 419 g/mol. The molecule has 0 fully saturated rings.